The molecule has 1 amide bonds. The zero-order valence-electron chi connectivity index (χ0n) is 16.5. The highest BCUT2D eigenvalue weighted by atomic mass is 32.1. The number of benzene rings is 2. The fraction of sp³-hybridized carbons (Fsp3) is 0.182. The molecule has 0 aliphatic carbocycles. The predicted molar refractivity (Wildman–Crippen MR) is 120 cm³/mol. The largest absolute Gasteiger partial charge is 0.497 e. The second kappa shape index (κ2) is 7.85. The van der Waals surface area contributed by atoms with Crippen LogP contribution in [0.15, 0.2) is 42.5 Å². The zero-order valence-corrected chi connectivity index (χ0v) is 18.2. The lowest BCUT2D eigenvalue weighted by atomic mass is 10.1. The molecule has 0 unspecified atom stereocenters. The van der Waals surface area contributed by atoms with Gasteiger partial charge in [-0.1, -0.05) is 12.1 Å². The van der Waals surface area contributed by atoms with E-state index in [4.69, 9.17) is 14.5 Å². The quantitative estimate of drug-likeness (QED) is 0.433. The lowest BCUT2D eigenvalue weighted by Crippen LogP contribution is -2.12. The molecule has 0 fully saturated rings. The molecule has 0 spiro atoms. The van der Waals surface area contributed by atoms with Gasteiger partial charge in [0.25, 0.3) is 5.91 Å². The van der Waals surface area contributed by atoms with E-state index in [-0.39, 0.29) is 5.91 Å². The number of carbonyl (C=O) groups is 1. The van der Waals surface area contributed by atoms with Crippen molar-refractivity contribution in [3.63, 3.8) is 0 Å². The van der Waals surface area contributed by atoms with Gasteiger partial charge in [0, 0.05) is 22.1 Å². The number of para-hydroxylation sites is 1. The van der Waals surface area contributed by atoms with Gasteiger partial charge in [-0.15, -0.1) is 22.7 Å². The Kier molecular flexibility index (Phi) is 5.25. The van der Waals surface area contributed by atoms with Crippen molar-refractivity contribution < 1.29 is 14.3 Å². The van der Waals surface area contributed by atoms with Gasteiger partial charge in [0.05, 0.1) is 24.4 Å². The van der Waals surface area contributed by atoms with Crippen molar-refractivity contribution in [3.05, 3.63) is 58.5 Å². The Bertz CT molecular complexity index is 1150. The standard InChI is InChI=1S/C22H20N2O3S2/c1-12-13(2)28-22(19(12)21-23-17-7-5-6-8-18(17)29-21)24-20(25)14-9-15(26-3)11-16(10-14)27-4/h5-11H,1-4H3,(H,24,25). The first kappa shape index (κ1) is 19.4. The van der Waals surface area contributed by atoms with Crippen molar-refractivity contribution in [2.75, 3.05) is 19.5 Å². The van der Waals surface area contributed by atoms with Gasteiger partial charge in [-0.25, -0.2) is 4.98 Å². The van der Waals surface area contributed by atoms with Gasteiger partial charge in [0.2, 0.25) is 0 Å². The van der Waals surface area contributed by atoms with Crippen LogP contribution in [0.2, 0.25) is 0 Å². The van der Waals surface area contributed by atoms with E-state index in [0.29, 0.717) is 17.1 Å². The number of thiophene rings is 1. The van der Waals surface area contributed by atoms with Gasteiger partial charge >= 0.3 is 0 Å². The fourth-order valence-electron chi connectivity index (χ4n) is 3.07. The van der Waals surface area contributed by atoms with Crippen LogP contribution in [-0.2, 0) is 0 Å². The number of methoxy groups -OCH3 is 2. The number of carbonyl (C=O) groups excluding carboxylic acids is 1. The number of aryl methyl sites for hydroxylation is 1. The van der Waals surface area contributed by atoms with Gasteiger partial charge in [0.15, 0.2) is 0 Å². The van der Waals surface area contributed by atoms with Crippen LogP contribution in [0.5, 0.6) is 11.5 Å². The number of nitrogens with one attached hydrogen (secondary N) is 1. The van der Waals surface area contributed by atoms with E-state index in [1.165, 1.54) is 0 Å². The first-order valence-corrected chi connectivity index (χ1v) is 10.6. The number of amides is 1. The first-order chi connectivity index (χ1) is 14.0. The summed E-state index contributed by atoms with van der Waals surface area (Å²) < 4.78 is 11.7. The lowest BCUT2D eigenvalue weighted by Gasteiger charge is -2.09. The number of fused-ring (bicyclic) bond motifs is 1. The highest BCUT2D eigenvalue weighted by molar-refractivity contribution is 7.22. The highest BCUT2D eigenvalue weighted by Crippen LogP contribution is 2.43. The van der Waals surface area contributed by atoms with Crippen LogP contribution in [0.25, 0.3) is 20.8 Å². The maximum absolute atomic E-state index is 13.0. The van der Waals surface area contributed by atoms with Crippen molar-refractivity contribution >= 4 is 43.8 Å². The number of rotatable bonds is 5. The van der Waals surface area contributed by atoms with E-state index in [0.717, 1.165) is 36.2 Å². The van der Waals surface area contributed by atoms with Crippen LogP contribution in [-0.4, -0.2) is 25.1 Å². The Hall–Kier alpha value is -2.90. The third-order valence-electron chi connectivity index (χ3n) is 4.73. The summed E-state index contributed by atoms with van der Waals surface area (Å²) in [6.07, 6.45) is 0. The smallest absolute Gasteiger partial charge is 0.256 e. The zero-order chi connectivity index (χ0) is 20.5. The first-order valence-electron chi connectivity index (χ1n) is 9.00. The highest BCUT2D eigenvalue weighted by Gasteiger charge is 2.20. The molecule has 29 heavy (non-hydrogen) atoms. The number of ether oxygens (including phenoxy) is 2. The van der Waals surface area contributed by atoms with E-state index in [1.807, 2.05) is 18.2 Å². The predicted octanol–water partition coefficient (Wildman–Crippen LogP) is 5.91. The second-order valence-corrected chi connectivity index (χ2v) is 8.78. The summed E-state index contributed by atoms with van der Waals surface area (Å²) in [5, 5.41) is 4.78. The summed E-state index contributed by atoms with van der Waals surface area (Å²) in [5.41, 5.74) is 3.55. The van der Waals surface area contributed by atoms with Crippen molar-refractivity contribution in [1.29, 1.82) is 0 Å². The molecule has 0 radical (unpaired) electrons. The average Bonchev–Trinajstić information content (AvgIpc) is 3.27. The molecule has 1 N–H and O–H groups in total. The van der Waals surface area contributed by atoms with Crippen LogP contribution < -0.4 is 14.8 Å². The van der Waals surface area contributed by atoms with Gasteiger partial charge in [-0.3, -0.25) is 4.79 Å². The Labute approximate surface area is 176 Å². The van der Waals surface area contributed by atoms with Crippen LogP contribution >= 0.6 is 22.7 Å². The van der Waals surface area contributed by atoms with Crippen LogP contribution in [0.3, 0.4) is 0 Å². The Balaban J connectivity index is 1.73. The Morgan fingerprint density at radius 3 is 2.34 bits per heavy atom. The topological polar surface area (TPSA) is 60.5 Å². The van der Waals surface area contributed by atoms with Crippen molar-refractivity contribution in [3.8, 4) is 22.1 Å². The number of thiazole rings is 1. The average molecular weight is 425 g/mol. The number of hydrogen-bond acceptors (Lipinski definition) is 6. The number of aromatic nitrogens is 1. The molecule has 2 aromatic heterocycles. The minimum absolute atomic E-state index is 0.217. The van der Waals surface area contributed by atoms with Gasteiger partial charge in [0.1, 0.15) is 21.5 Å². The third kappa shape index (κ3) is 3.71. The maximum atomic E-state index is 13.0. The Morgan fingerprint density at radius 2 is 1.69 bits per heavy atom. The molecule has 5 nitrogen and oxygen atoms in total. The number of hydrogen-bond donors (Lipinski definition) is 1. The monoisotopic (exact) mass is 424 g/mol. The molecular weight excluding hydrogens is 404 g/mol. The van der Waals surface area contributed by atoms with Crippen LogP contribution in [0.4, 0.5) is 5.00 Å². The van der Waals surface area contributed by atoms with E-state index in [2.05, 4.69) is 25.2 Å². The van der Waals surface area contributed by atoms with E-state index < -0.39 is 0 Å². The molecule has 2 aromatic carbocycles. The molecule has 7 heteroatoms. The van der Waals surface area contributed by atoms with E-state index in [9.17, 15) is 4.79 Å². The molecule has 0 bridgehead atoms. The molecule has 0 atom stereocenters. The lowest BCUT2D eigenvalue weighted by molar-refractivity contribution is 0.102. The van der Waals surface area contributed by atoms with Crippen LogP contribution in [0, 0.1) is 13.8 Å². The summed E-state index contributed by atoms with van der Waals surface area (Å²) in [6.45, 7) is 4.12. The summed E-state index contributed by atoms with van der Waals surface area (Å²) in [5.74, 6) is 0.921. The van der Waals surface area contributed by atoms with Gasteiger partial charge in [-0.05, 0) is 43.7 Å². The van der Waals surface area contributed by atoms with Crippen molar-refractivity contribution in [2.45, 2.75) is 13.8 Å². The molecule has 4 rings (SSSR count). The molecule has 2 heterocycles. The Morgan fingerprint density at radius 1 is 1.00 bits per heavy atom. The minimum atomic E-state index is -0.217. The van der Waals surface area contributed by atoms with Gasteiger partial charge < -0.3 is 14.8 Å². The minimum Gasteiger partial charge on any atom is -0.497 e. The molecule has 0 aliphatic rings. The molecule has 4 aromatic rings. The maximum Gasteiger partial charge on any atom is 0.256 e. The summed E-state index contributed by atoms with van der Waals surface area (Å²) in [4.78, 5) is 18.9. The van der Waals surface area contributed by atoms with E-state index >= 15 is 0 Å². The van der Waals surface area contributed by atoms with Crippen LogP contribution in [0.1, 0.15) is 20.8 Å². The summed E-state index contributed by atoms with van der Waals surface area (Å²) in [6, 6.07) is 13.2. The second-order valence-electron chi connectivity index (χ2n) is 6.53. The third-order valence-corrected chi connectivity index (χ3v) is 6.91. The van der Waals surface area contributed by atoms with E-state index in [1.54, 1.807) is 55.1 Å². The molecule has 148 valence electrons. The normalized spacial score (nSPS) is 10.9. The molecule has 0 saturated heterocycles. The molecule has 0 aliphatic heterocycles. The SMILES string of the molecule is COc1cc(OC)cc(C(=O)Nc2sc(C)c(C)c2-c2nc3ccccc3s2)c1. The van der Waals surface area contributed by atoms with Gasteiger partial charge in [-0.2, -0.15) is 0 Å². The summed E-state index contributed by atoms with van der Waals surface area (Å²) in [7, 11) is 3.13. The molecule has 0 saturated carbocycles. The van der Waals surface area contributed by atoms with Crippen molar-refractivity contribution in [2.24, 2.45) is 0 Å². The fourth-order valence-corrected chi connectivity index (χ4v) is 5.26. The molecular formula is C22H20N2O3S2. The number of anilines is 1. The number of nitrogens with zero attached hydrogens (tertiary/aromatic N) is 1. The summed E-state index contributed by atoms with van der Waals surface area (Å²) >= 11 is 3.19. The van der Waals surface area contributed by atoms with Crippen molar-refractivity contribution in [1.82, 2.24) is 4.98 Å².